The van der Waals surface area contributed by atoms with E-state index in [9.17, 15) is 18.0 Å². The van der Waals surface area contributed by atoms with E-state index in [4.69, 9.17) is 16.3 Å². The molecule has 0 aliphatic carbocycles. The van der Waals surface area contributed by atoms with E-state index in [2.05, 4.69) is 5.32 Å². The number of nitrogens with zero attached hydrogens (tertiary/aromatic N) is 1. The summed E-state index contributed by atoms with van der Waals surface area (Å²) in [5, 5.41) is 2.87. The predicted octanol–water partition coefficient (Wildman–Crippen LogP) is 5.32. The molecule has 1 amide bonds. The minimum atomic E-state index is -3.75. The quantitative estimate of drug-likeness (QED) is 0.320. The van der Waals surface area contributed by atoms with E-state index < -0.39 is 21.9 Å². The Balaban J connectivity index is 1.73. The van der Waals surface area contributed by atoms with Crippen molar-refractivity contribution in [3.05, 3.63) is 82.9 Å². The van der Waals surface area contributed by atoms with Crippen LogP contribution in [0.1, 0.15) is 27.6 Å². The molecule has 0 saturated heterocycles. The maximum Gasteiger partial charge on any atom is 0.338 e. The minimum absolute atomic E-state index is 0.176. The van der Waals surface area contributed by atoms with Gasteiger partial charge in [-0.1, -0.05) is 11.6 Å². The SMILES string of the molecule is CCOC(=O)c1ccc(NC(=O)c2ccc(N(C)S(=O)(=O)c3ccc(SC)cc3)cc2)c(Cl)c1. The number of halogens is 1. The van der Waals surface area contributed by atoms with E-state index in [0.717, 1.165) is 9.20 Å². The normalized spacial score (nSPS) is 11.1. The molecule has 0 aliphatic rings. The van der Waals surface area contributed by atoms with Crippen molar-refractivity contribution >= 4 is 56.6 Å². The van der Waals surface area contributed by atoms with Crippen LogP contribution in [0.25, 0.3) is 0 Å². The highest BCUT2D eigenvalue weighted by molar-refractivity contribution is 7.98. The van der Waals surface area contributed by atoms with Crippen LogP contribution < -0.4 is 9.62 Å². The van der Waals surface area contributed by atoms with Crippen LogP contribution in [-0.4, -0.2) is 40.2 Å². The number of rotatable bonds is 8. The van der Waals surface area contributed by atoms with Gasteiger partial charge in [0.2, 0.25) is 0 Å². The van der Waals surface area contributed by atoms with E-state index in [1.165, 1.54) is 49.1 Å². The van der Waals surface area contributed by atoms with Gasteiger partial charge >= 0.3 is 5.97 Å². The molecule has 3 aromatic rings. The molecule has 0 aliphatic heterocycles. The van der Waals surface area contributed by atoms with Crippen LogP contribution in [0.15, 0.2) is 76.5 Å². The van der Waals surface area contributed by atoms with Crippen molar-refractivity contribution in [3.63, 3.8) is 0 Å². The Labute approximate surface area is 208 Å². The average Bonchev–Trinajstić information content (AvgIpc) is 2.85. The first-order chi connectivity index (χ1) is 16.2. The molecule has 34 heavy (non-hydrogen) atoms. The number of sulfonamides is 1. The first-order valence-electron chi connectivity index (χ1n) is 10.2. The summed E-state index contributed by atoms with van der Waals surface area (Å²) in [6, 6.07) is 17.2. The van der Waals surface area contributed by atoms with Crippen molar-refractivity contribution in [3.8, 4) is 0 Å². The molecule has 0 radical (unpaired) electrons. The summed E-state index contributed by atoms with van der Waals surface area (Å²) in [5.74, 6) is -0.937. The first-order valence-corrected chi connectivity index (χ1v) is 13.2. The van der Waals surface area contributed by atoms with Gasteiger partial charge in [0.25, 0.3) is 15.9 Å². The number of hydrogen-bond acceptors (Lipinski definition) is 6. The minimum Gasteiger partial charge on any atom is -0.462 e. The van der Waals surface area contributed by atoms with Crippen LogP contribution in [0.5, 0.6) is 0 Å². The molecule has 10 heteroatoms. The zero-order chi connectivity index (χ0) is 24.9. The number of amides is 1. The first kappa shape index (κ1) is 25.6. The summed E-state index contributed by atoms with van der Waals surface area (Å²) in [6.45, 7) is 1.95. The highest BCUT2D eigenvalue weighted by atomic mass is 35.5. The van der Waals surface area contributed by atoms with E-state index in [1.807, 2.05) is 6.26 Å². The summed E-state index contributed by atoms with van der Waals surface area (Å²) in [6.07, 6.45) is 1.92. The fourth-order valence-electron chi connectivity index (χ4n) is 3.02. The summed E-state index contributed by atoms with van der Waals surface area (Å²) < 4.78 is 32.0. The van der Waals surface area contributed by atoms with Gasteiger partial charge in [-0.2, -0.15) is 0 Å². The van der Waals surface area contributed by atoms with Crippen LogP contribution in [0.4, 0.5) is 11.4 Å². The largest absolute Gasteiger partial charge is 0.462 e. The molecule has 0 atom stereocenters. The number of ether oxygens (including phenoxy) is 1. The second kappa shape index (κ2) is 10.9. The molecule has 178 valence electrons. The van der Waals surface area contributed by atoms with Crippen LogP contribution in [0.3, 0.4) is 0 Å². The molecule has 0 fully saturated rings. The smallest absolute Gasteiger partial charge is 0.338 e. The van der Waals surface area contributed by atoms with Crippen LogP contribution in [0, 0.1) is 0 Å². The van der Waals surface area contributed by atoms with Gasteiger partial charge in [0.15, 0.2) is 0 Å². The van der Waals surface area contributed by atoms with Crippen molar-refractivity contribution in [1.82, 2.24) is 0 Å². The highest BCUT2D eigenvalue weighted by Gasteiger charge is 2.21. The number of benzene rings is 3. The van der Waals surface area contributed by atoms with E-state index in [0.29, 0.717) is 16.9 Å². The molecule has 3 aromatic carbocycles. The van der Waals surface area contributed by atoms with Gasteiger partial charge in [0, 0.05) is 17.5 Å². The van der Waals surface area contributed by atoms with Gasteiger partial charge in [0.05, 0.1) is 33.5 Å². The fourth-order valence-corrected chi connectivity index (χ4v) is 4.85. The Kier molecular flexibility index (Phi) is 8.24. The molecule has 0 saturated carbocycles. The Hall–Kier alpha value is -3.01. The molecule has 0 unspecified atom stereocenters. The number of carbonyl (C=O) groups is 2. The Morgan fingerprint density at radius 3 is 2.18 bits per heavy atom. The van der Waals surface area contributed by atoms with Crippen molar-refractivity contribution in [2.75, 3.05) is 29.5 Å². The lowest BCUT2D eigenvalue weighted by atomic mass is 10.1. The molecule has 1 N–H and O–H groups in total. The maximum atomic E-state index is 12.9. The zero-order valence-corrected chi connectivity index (χ0v) is 21.1. The lowest BCUT2D eigenvalue weighted by Gasteiger charge is -2.20. The lowest BCUT2D eigenvalue weighted by molar-refractivity contribution is 0.0526. The van der Waals surface area contributed by atoms with E-state index in [1.54, 1.807) is 43.3 Å². The fraction of sp³-hybridized carbons (Fsp3) is 0.167. The van der Waals surface area contributed by atoms with Gasteiger partial charge < -0.3 is 10.1 Å². The predicted molar refractivity (Wildman–Crippen MR) is 136 cm³/mol. The number of thioether (sulfide) groups is 1. The molecule has 0 heterocycles. The monoisotopic (exact) mass is 518 g/mol. The Morgan fingerprint density at radius 2 is 1.62 bits per heavy atom. The number of nitrogens with one attached hydrogen (secondary N) is 1. The molecule has 3 rings (SSSR count). The molecule has 7 nitrogen and oxygen atoms in total. The van der Waals surface area contributed by atoms with Crippen molar-refractivity contribution in [1.29, 1.82) is 0 Å². The average molecular weight is 519 g/mol. The number of anilines is 2. The summed E-state index contributed by atoms with van der Waals surface area (Å²) in [4.78, 5) is 25.6. The van der Waals surface area contributed by atoms with Crippen molar-refractivity contribution in [2.24, 2.45) is 0 Å². The maximum absolute atomic E-state index is 12.9. The molecular formula is C24H23ClN2O5S2. The van der Waals surface area contributed by atoms with Crippen molar-refractivity contribution in [2.45, 2.75) is 16.7 Å². The third-order valence-electron chi connectivity index (χ3n) is 4.94. The number of hydrogen-bond donors (Lipinski definition) is 1. The number of esters is 1. The third kappa shape index (κ3) is 5.72. The molecular weight excluding hydrogens is 496 g/mol. The van der Waals surface area contributed by atoms with Gasteiger partial charge in [-0.25, -0.2) is 13.2 Å². The van der Waals surface area contributed by atoms with Gasteiger partial charge in [-0.15, -0.1) is 11.8 Å². The Morgan fingerprint density at radius 1 is 1.00 bits per heavy atom. The summed E-state index contributed by atoms with van der Waals surface area (Å²) >= 11 is 7.73. The van der Waals surface area contributed by atoms with E-state index >= 15 is 0 Å². The second-order valence-corrected chi connectivity index (χ2v) is 10.3. The van der Waals surface area contributed by atoms with Gasteiger partial charge in [-0.05, 0) is 79.9 Å². The third-order valence-corrected chi connectivity index (χ3v) is 7.80. The second-order valence-electron chi connectivity index (χ2n) is 7.06. The highest BCUT2D eigenvalue weighted by Crippen LogP contribution is 2.26. The van der Waals surface area contributed by atoms with Crippen LogP contribution >= 0.6 is 23.4 Å². The number of carbonyl (C=O) groups excluding carboxylic acids is 2. The van der Waals surface area contributed by atoms with Gasteiger partial charge in [-0.3, -0.25) is 9.10 Å². The van der Waals surface area contributed by atoms with Crippen LogP contribution in [-0.2, 0) is 14.8 Å². The standard InChI is InChI=1S/C24H23ClN2O5S2/c1-4-32-24(29)17-7-14-22(21(25)15-17)26-23(28)16-5-8-18(9-6-16)27(2)34(30,31)20-12-10-19(33-3)11-13-20/h5-15H,4H2,1-3H3,(H,26,28). The molecule has 0 spiro atoms. The summed E-state index contributed by atoms with van der Waals surface area (Å²) in [7, 11) is -2.30. The zero-order valence-electron chi connectivity index (χ0n) is 18.7. The van der Waals surface area contributed by atoms with E-state index in [-0.39, 0.29) is 22.1 Å². The Bertz CT molecular complexity index is 1290. The lowest BCUT2D eigenvalue weighted by Crippen LogP contribution is -2.26. The van der Waals surface area contributed by atoms with Gasteiger partial charge in [0.1, 0.15) is 0 Å². The van der Waals surface area contributed by atoms with Crippen molar-refractivity contribution < 1.29 is 22.7 Å². The summed E-state index contributed by atoms with van der Waals surface area (Å²) in [5.41, 5.74) is 1.32. The molecule has 0 aromatic heterocycles. The van der Waals surface area contributed by atoms with Crippen LogP contribution in [0.2, 0.25) is 5.02 Å². The topological polar surface area (TPSA) is 92.8 Å². The molecule has 0 bridgehead atoms.